The van der Waals surface area contributed by atoms with Gasteiger partial charge in [0, 0.05) is 6.61 Å². The fourth-order valence-electron chi connectivity index (χ4n) is 0.480. The van der Waals surface area contributed by atoms with Gasteiger partial charge in [0.2, 0.25) is 0 Å². The Kier molecular flexibility index (Phi) is 6.42. The van der Waals surface area contributed by atoms with Gasteiger partial charge in [-0.15, -0.1) is 0 Å². The average Bonchev–Trinajstić information content (AvgIpc) is 1.97. The van der Waals surface area contributed by atoms with E-state index >= 15 is 0 Å². The van der Waals surface area contributed by atoms with E-state index in [-0.39, 0.29) is 13.2 Å². The number of aliphatic hydroxyl groups excluding tert-OH is 1. The average molecular weight is 180 g/mol. The first-order valence-corrected chi connectivity index (χ1v) is 3.92. The van der Waals surface area contributed by atoms with Crippen molar-refractivity contribution in [3.63, 3.8) is 0 Å². The molecular formula is C6H13O4P. The standard InChI is InChI=1S/C6H13O4P/c1-2-9-3-5(7)4-10-6(8)11/h5,7H,2-4,11H2,1H3. The SMILES string of the molecule is CCOCC(O)COC(=O)P. The fraction of sp³-hybridized carbons (Fsp3) is 0.833. The third-order valence-corrected chi connectivity index (χ3v) is 1.10. The summed E-state index contributed by atoms with van der Waals surface area (Å²) >= 11 is 0. The van der Waals surface area contributed by atoms with Gasteiger partial charge >= 0.3 is 5.71 Å². The van der Waals surface area contributed by atoms with Crippen molar-refractivity contribution in [2.24, 2.45) is 0 Å². The second-order valence-electron chi connectivity index (χ2n) is 1.94. The second-order valence-corrected chi connectivity index (χ2v) is 2.41. The van der Waals surface area contributed by atoms with Crippen LogP contribution in [0.25, 0.3) is 0 Å². The van der Waals surface area contributed by atoms with E-state index in [1.807, 2.05) is 16.2 Å². The van der Waals surface area contributed by atoms with Crippen LogP contribution in [0.5, 0.6) is 0 Å². The summed E-state index contributed by atoms with van der Waals surface area (Å²) in [5.41, 5.74) is -0.472. The summed E-state index contributed by atoms with van der Waals surface area (Å²) in [7, 11) is 1.86. The summed E-state index contributed by atoms with van der Waals surface area (Å²) in [6.45, 7) is 2.57. The van der Waals surface area contributed by atoms with Gasteiger partial charge in [-0.05, 0) is 16.2 Å². The topological polar surface area (TPSA) is 55.8 Å². The third kappa shape index (κ3) is 7.72. The van der Waals surface area contributed by atoms with Gasteiger partial charge in [0.05, 0.1) is 6.61 Å². The first kappa shape index (κ1) is 10.8. The van der Waals surface area contributed by atoms with Crippen molar-refractivity contribution in [1.29, 1.82) is 0 Å². The van der Waals surface area contributed by atoms with E-state index < -0.39 is 11.8 Å². The molecule has 0 amide bonds. The maximum atomic E-state index is 10.2. The largest absolute Gasteiger partial charge is 0.460 e. The first-order valence-electron chi connectivity index (χ1n) is 3.34. The molecule has 0 fully saturated rings. The number of aliphatic hydroxyl groups is 1. The lowest BCUT2D eigenvalue weighted by molar-refractivity contribution is 0.00813. The summed E-state index contributed by atoms with van der Waals surface area (Å²) < 4.78 is 9.37. The van der Waals surface area contributed by atoms with Crippen molar-refractivity contribution in [2.75, 3.05) is 19.8 Å². The number of carbonyl (C=O) groups is 1. The van der Waals surface area contributed by atoms with Crippen LogP contribution in [-0.2, 0) is 9.47 Å². The molecule has 1 N–H and O–H groups in total. The van der Waals surface area contributed by atoms with E-state index in [1.165, 1.54) is 0 Å². The van der Waals surface area contributed by atoms with Gasteiger partial charge in [0.1, 0.15) is 12.7 Å². The van der Waals surface area contributed by atoms with Crippen LogP contribution < -0.4 is 0 Å². The Balaban J connectivity index is 3.22. The predicted octanol–water partition coefficient (Wildman–Crippen LogP) is 0.396. The van der Waals surface area contributed by atoms with Gasteiger partial charge in [0.25, 0.3) is 0 Å². The minimum atomic E-state index is -0.723. The molecule has 0 bridgehead atoms. The molecule has 5 heteroatoms. The molecule has 66 valence electrons. The molecule has 2 atom stereocenters. The fourth-order valence-corrected chi connectivity index (χ4v) is 0.577. The Labute approximate surface area is 68.1 Å². The number of carbonyl (C=O) groups excluding carboxylic acids is 1. The smallest absolute Gasteiger partial charge is 0.319 e. The van der Waals surface area contributed by atoms with E-state index in [4.69, 9.17) is 9.84 Å². The molecule has 0 spiro atoms. The highest BCUT2D eigenvalue weighted by Gasteiger charge is 2.04. The highest BCUT2D eigenvalue weighted by Crippen LogP contribution is 1.93. The van der Waals surface area contributed by atoms with Crippen molar-refractivity contribution in [2.45, 2.75) is 13.0 Å². The van der Waals surface area contributed by atoms with Crippen LogP contribution in [0, 0.1) is 0 Å². The lowest BCUT2D eigenvalue weighted by atomic mass is 10.4. The number of rotatable bonds is 5. The molecule has 0 aliphatic rings. The molecule has 0 saturated heterocycles. The van der Waals surface area contributed by atoms with Crippen LogP contribution in [0.15, 0.2) is 0 Å². The highest BCUT2D eigenvalue weighted by atomic mass is 31.0. The molecule has 0 rings (SSSR count). The zero-order valence-electron chi connectivity index (χ0n) is 6.45. The van der Waals surface area contributed by atoms with Crippen molar-refractivity contribution >= 4 is 15.0 Å². The molecule has 2 unspecified atom stereocenters. The minimum absolute atomic E-state index is 0.0116. The van der Waals surface area contributed by atoms with Crippen molar-refractivity contribution in [3.8, 4) is 0 Å². The minimum Gasteiger partial charge on any atom is -0.460 e. The van der Waals surface area contributed by atoms with E-state index in [1.54, 1.807) is 0 Å². The second kappa shape index (κ2) is 6.53. The molecule has 0 aromatic heterocycles. The zero-order valence-corrected chi connectivity index (χ0v) is 7.60. The van der Waals surface area contributed by atoms with Crippen molar-refractivity contribution in [1.82, 2.24) is 0 Å². The van der Waals surface area contributed by atoms with Crippen LogP contribution in [0.2, 0.25) is 0 Å². The van der Waals surface area contributed by atoms with Gasteiger partial charge in [-0.3, -0.25) is 0 Å². The van der Waals surface area contributed by atoms with Crippen LogP contribution in [-0.4, -0.2) is 36.7 Å². The maximum absolute atomic E-state index is 10.2. The van der Waals surface area contributed by atoms with Gasteiger partial charge in [-0.1, -0.05) is 0 Å². The van der Waals surface area contributed by atoms with Crippen LogP contribution in [0.1, 0.15) is 6.92 Å². The summed E-state index contributed by atoms with van der Waals surface area (Å²) in [5.74, 6) is 0. The van der Waals surface area contributed by atoms with E-state index in [2.05, 4.69) is 4.74 Å². The Hall–Kier alpha value is -0.180. The first-order chi connectivity index (χ1) is 5.16. The van der Waals surface area contributed by atoms with Gasteiger partial charge in [0.15, 0.2) is 0 Å². The number of hydrogen-bond donors (Lipinski definition) is 1. The van der Waals surface area contributed by atoms with Crippen LogP contribution in [0.3, 0.4) is 0 Å². The normalized spacial score (nSPS) is 12.6. The highest BCUT2D eigenvalue weighted by molar-refractivity contribution is 7.39. The molecule has 0 aliphatic heterocycles. The lowest BCUT2D eigenvalue weighted by Crippen LogP contribution is -2.22. The summed E-state index contributed by atoms with van der Waals surface area (Å²) in [5, 5.41) is 9.02. The number of ether oxygens (including phenoxy) is 2. The molecule has 0 saturated carbocycles. The van der Waals surface area contributed by atoms with Gasteiger partial charge in [-0.25, -0.2) is 4.79 Å². The van der Waals surface area contributed by atoms with Crippen molar-refractivity contribution < 1.29 is 19.4 Å². The maximum Gasteiger partial charge on any atom is 0.319 e. The summed E-state index contributed by atoms with van der Waals surface area (Å²) in [4.78, 5) is 10.2. The third-order valence-electron chi connectivity index (χ3n) is 0.932. The van der Waals surface area contributed by atoms with Crippen LogP contribution >= 0.6 is 9.24 Å². The molecule has 0 heterocycles. The van der Waals surface area contributed by atoms with E-state index in [0.717, 1.165) is 0 Å². The Morgan fingerprint density at radius 1 is 1.64 bits per heavy atom. The molecule has 4 nitrogen and oxygen atoms in total. The molecule has 0 aromatic rings. The van der Waals surface area contributed by atoms with E-state index in [0.29, 0.717) is 6.61 Å². The Bertz CT molecular complexity index is 117. The Morgan fingerprint density at radius 3 is 2.73 bits per heavy atom. The molecule has 0 radical (unpaired) electrons. The van der Waals surface area contributed by atoms with Gasteiger partial charge in [-0.2, -0.15) is 0 Å². The van der Waals surface area contributed by atoms with Gasteiger partial charge < -0.3 is 14.6 Å². The number of hydrogen-bond acceptors (Lipinski definition) is 4. The Morgan fingerprint density at radius 2 is 2.27 bits per heavy atom. The quantitative estimate of drug-likeness (QED) is 0.622. The van der Waals surface area contributed by atoms with Crippen molar-refractivity contribution in [3.05, 3.63) is 0 Å². The lowest BCUT2D eigenvalue weighted by Gasteiger charge is -2.09. The predicted molar refractivity (Wildman–Crippen MR) is 43.6 cm³/mol. The molecule has 11 heavy (non-hydrogen) atoms. The molecular weight excluding hydrogens is 167 g/mol. The van der Waals surface area contributed by atoms with E-state index in [9.17, 15) is 4.79 Å². The molecule has 0 aliphatic carbocycles. The zero-order chi connectivity index (χ0) is 8.69. The monoisotopic (exact) mass is 180 g/mol. The summed E-state index contributed by atoms with van der Waals surface area (Å²) in [6, 6.07) is 0. The molecule has 0 aromatic carbocycles. The summed E-state index contributed by atoms with van der Waals surface area (Å²) in [6.07, 6.45) is -0.723. The van der Waals surface area contributed by atoms with Crippen LogP contribution in [0.4, 0.5) is 4.79 Å².